The molecule has 5 rings (SSSR count). The summed E-state index contributed by atoms with van der Waals surface area (Å²) in [6.07, 6.45) is 7.80. The van der Waals surface area contributed by atoms with Crippen molar-refractivity contribution in [1.82, 2.24) is 9.80 Å². The predicted molar refractivity (Wildman–Crippen MR) is 110 cm³/mol. The number of carbonyl (C=O) groups excluding carboxylic acids is 1. The van der Waals surface area contributed by atoms with Crippen molar-refractivity contribution in [2.24, 2.45) is 0 Å². The van der Waals surface area contributed by atoms with E-state index >= 15 is 0 Å². The summed E-state index contributed by atoms with van der Waals surface area (Å²) in [5, 5.41) is 2.20. The lowest BCUT2D eigenvalue weighted by atomic mass is 9.97. The molecule has 0 spiro atoms. The molecule has 4 heteroatoms. The summed E-state index contributed by atoms with van der Waals surface area (Å²) in [5.41, 5.74) is 5.55. The van der Waals surface area contributed by atoms with Crippen LogP contribution in [0, 0.1) is 0 Å². The first kappa shape index (κ1) is 17.4. The second kappa shape index (κ2) is 7.40. The summed E-state index contributed by atoms with van der Waals surface area (Å²) in [7, 11) is 0. The summed E-state index contributed by atoms with van der Waals surface area (Å²) >= 11 is 1.86. The fraction of sp³-hybridized carbons (Fsp3) is 0.522. The Morgan fingerprint density at radius 1 is 1.00 bits per heavy atom. The van der Waals surface area contributed by atoms with Gasteiger partial charge in [0.25, 0.3) is 0 Å². The molecular formula is C23H28N2OS. The van der Waals surface area contributed by atoms with E-state index in [4.69, 9.17) is 0 Å². The Morgan fingerprint density at radius 3 is 2.74 bits per heavy atom. The smallest absolute Gasteiger partial charge is 0.227 e. The molecule has 3 nitrogen and oxygen atoms in total. The van der Waals surface area contributed by atoms with Crippen molar-refractivity contribution in [2.45, 2.75) is 51.0 Å². The van der Waals surface area contributed by atoms with Crippen molar-refractivity contribution in [3.05, 3.63) is 56.8 Å². The summed E-state index contributed by atoms with van der Waals surface area (Å²) in [4.78, 5) is 19.5. The number of hydrogen-bond acceptors (Lipinski definition) is 3. The number of rotatable bonds is 4. The monoisotopic (exact) mass is 380 g/mol. The van der Waals surface area contributed by atoms with E-state index in [0.29, 0.717) is 12.3 Å². The molecule has 0 saturated carbocycles. The van der Waals surface area contributed by atoms with Gasteiger partial charge in [0.1, 0.15) is 0 Å². The third-order valence-electron chi connectivity index (χ3n) is 6.56. The lowest BCUT2D eigenvalue weighted by Gasteiger charge is -2.38. The maximum Gasteiger partial charge on any atom is 0.227 e. The van der Waals surface area contributed by atoms with Gasteiger partial charge in [0.15, 0.2) is 0 Å². The fourth-order valence-corrected chi connectivity index (χ4v) is 6.04. The maximum absolute atomic E-state index is 13.3. The average molecular weight is 381 g/mol. The molecule has 0 N–H and O–H groups in total. The second-order valence-corrected chi connectivity index (χ2v) is 9.29. The summed E-state index contributed by atoms with van der Waals surface area (Å²) in [6.45, 7) is 4.24. The Morgan fingerprint density at radius 2 is 1.85 bits per heavy atom. The highest BCUT2D eigenvalue weighted by atomic mass is 32.1. The summed E-state index contributed by atoms with van der Waals surface area (Å²) in [6, 6.07) is 9.21. The van der Waals surface area contributed by atoms with E-state index in [2.05, 4.69) is 39.4 Å². The number of aryl methyl sites for hydroxylation is 2. The van der Waals surface area contributed by atoms with Crippen LogP contribution in [0.4, 0.5) is 0 Å². The first-order valence-corrected chi connectivity index (χ1v) is 11.3. The molecular weight excluding hydrogens is 352 g/mol. The average Bonchev–Trinajstić information content (AvgIpc) is 3.42. The third-order valence-corrected chi connectivity index (χ3v) is 7.56. The van der Waals surface area contributed by atoms with Crippen LogP contribution in [-0.2, 0) is 30.5 Å². The van der Waals surface area contributed by atoms with E-state index < -0.39 is 0 Å². The van der Waals surface area contributed by atoms with Crippen LogP contribution in [0.3, 0.4) is 0 Å². The van der Waals surface area contributed by atoms with Gasteiger partial charge >= 0.3 is 0 Å². The minimum Gasteiger partial charge on any atom is -0.334 e. The molecule has 1 saturated heterocycles. The highest BCUT2D eigenvalue weighted by molar-refractivity contribution is 7.10. The molecule has 3 heterocycles. The molecule has 1 amide bonds. The van der Waals surface area contributed by atoms with Gasteiger partial charge in [-0.3, -0.25) is 4.79 Å². The first-order valence-electron chi connectivity index (χ1n) is 10.5. The van der Waals surface area contributed by atoms with E-state index in [1.54, 1.807) is 0 Å². The number of nitrogens with zero attached hydrogens (tertiary/aromatic N) is 2. The molecule has 1 unspecified atom stereocenters. The number of carbonyl (C=O) groups is 1. The van der Waals surface area contributed by atoms with E-state index in [1.807, 2.05) is 11.3 Å². The van der Waals surface area contributed by atoms with Gasteiger partial charge < -0.3 is 9.80 Å². The van der Waals surface area contributed by atoms with Gasteiger partial charge in [0.2, 0.25) is 5.91 Å². The van der Waals surface area contributed by atoms with E-state index in [1.165, 1.54) is 72.3 Å². The standard InChI is InChI=1S/C23H28N2OS/c26-23(15-17-6-7-18-4-3-5-19(18)14-17)25-12-8-22-20(9-13-27-22)21(25)16-24-10-1-2-11-24/h6-7,9,13-14,21H,1-5,8,10-12,15-16H2. The molecule has 1 aliphatic carbocycles. The number of fused-ring (bicyclic) bond motifs is 2. The highest BCUT2D eigenvalue weighted by Crippen LogP contribution is 2.35. The molecule has 2 aromatic rings. The fourth-order valence-electron chi connectivity index (χ4n) is 5.11. The van der Waals surface area contributed by atoms with Crippen LogP contribution < -0.4 is 0 Å². The van der Waals surface area contributed by atoms with Crippen LogP contribution in [0.5, 0.6) is 0 Å². The lowest BCUT2D eigenvalue weighted by molar-refractivity contribution is -0.133. The molecule has 1 atom stereocenters. The largest absolute Gasteiger partial charge is 0.334 e. The van der Waals surface area contributed by atoms with Crippen LogP contribution in [0.15, 0.2) is 29.6 Å². The first-order chi connectivity index (χ1) is 13.3. The minimum absolute atomic E-state index is 0.236. The third kappa shape index (κ3) is 3.45. The van der Waals surface area contributed by atoms with Gasteiger partial charge in [-0.2, -0.15) is 0 Å². The van der Waals surface area contributed by atoms with Crippen molar-refractivity contribution in [3.63, 3.8) is 0 Å². The molecule has 0 bridgehead atoms. The number of likely N-dealkylation sites (tertiary alicyclic amines) is 1. The minimum atomic E-state index is 0.236. The number of benzene rings is 1. The quantitative estimate of drug-likeness (QED) is 0.800. The van der Waals surface area contributed by atoms with Gasteiger partial charge in [-0.1, -0.05) is 18.2 Å². The van der Waals surface area contributed by atoms with E-state index in [0.717, 1.165) is 19.5 Å². The Hall–Kier alpha value is -1.65. The summed E-state index contributed by atoms with van der Waals surface area (Å²) in [5.74, 6) is 0.300. The zero-order chi connectivity index (χ0) is 18.2. The van der Waals surface area contributed by atoms with Crippen LogP contribution in [0.1, 0.15) is 52.4 Å². The zero-order valence-corrected chi connectivity index (χ0v) is 16.8. The second-order valence-electron chi connectivity index (χ2n) is 8.29. The zero-order valence-electron chi connectivity index (χ0n) is 16.0. The van der Waals surface area contributed by atoms with E-state index in [-0.39, 0.29) is 6.04 Å². The number of thiophene rings is 1. The van der Waals surface area contributed by atoms with Crippen molar-refractivity contribution >= 4 is 17.2 Å². The molecule has 1 aromatic carbocycles. The highest BCUT2D eigenvalue weighted by Gasteiger charge is 2.33. The Labute approximate surface area is 166 Å². The van der Waals surface area contributed by atoms with Crippen molar-refractivity contribution < 1.29 is 4.79 Å². The van der Waals surface area contributed by atoms with Gasteiger partial charge in [0.05, 0.1) is 12.5 Å². The normalized spacial score (nSPS) is 22.1. The van der Waals surface area contributed by atoms with Crippen molar-refractivity contribution in [3.8, 4) is 0 Å². The molecule has 142 valence electrons. The summed E-state index contributed by atoms with van der Waals surface area (Å²) < 4.78 is 0. The molecule has 1 fully saturated rings. The Balaban J connectivity index is 1.36. The molecule has 27 heavy (non-hydrogen) atoms. The predicted octanol–water partition coefficient (Wildman–Crippen LogP) is 4.00. The van der Waals surface area contributed by atoms with E-state index in [9.17, 15) is 4.79 Å². The van der Waals surface area contributed by atoms with Crippen LogP contribution >= 0.6 is 11.3 Å². The molecule has 0 radical (unpaired) electrons. The van der Waals surface area contributed by atoms with Crippen molar-refractivity contribution in [2.75, 3.05) is 26.2 Å². The SMILES string of the molecule is O=C(Cc1ccc2c(c1)CCC2)N1CCc2sccc2C1CN1CCCC1. The number of amides is 1. The lowest BCUT2D eigenvalue weighted by Crippen LogP contribution is -2.45. The Bertz CT molecular complexity index is 837. The molecule has 1 aromatic heterocycles. The van der Waals surface area contributed by atoms with Crippen LogP contribution in [0.2, 0.25) is 0 Å². The van der Waals surface area contributed by atoms with Crippen LogP contribution in [-0.4, -0.2) is 41.9 Å². The molecule has 2 aliphatic heterocycles. The Kier molecular flexibility index (Phi) is 4.78. The maximum atomic E-state index is 13.3. The number of hydrogen-bond donors (Lipinski definition) is 0. The van der Waals surface area contributed by atoms with Gasteiger partial charge in [-0.25, -0.2) is 0 Å². The van der Waals surface area contributed by atoms with Gasteiger partial charge in [0, 0.05) is 18.0 Å². The molecule has 3 aliphatic rings. The van der Waals surface area contributed by atoms with Crippen molar-refractivity contribution in [1.29, 1.82) is 0 Å². The van der Waals surface area contributed by atoms with Gasteiger partial charge in [-0.05, 0) is 85.3 Å². The topological polar surface area (TPSA) is 23.6 Å². The van der Waals surface area contributed by atoms with Gasteiger partial charge in [-0.15, -0.1) is 11.3 Å². The van der Waals surface area contributed by atoms with Crippen LogP contribution in [0.25, 0.3) is 0 Å².